The number of ether oxygens (including phenoxy) is 1. The number of pyridine rings is 1. The number of hydrogen-bond donors (Lipinski definition) is 1. The molecule has 39 heavy (non-hydrogen) atoms. The lowest BCUT2D eigenvalue weighted by atomic mass is 10.1. The Labute approximate surface area is 226 Å². The Balaban J connectivity index is 1.34. The van der Waals surface area contributed by atoms with Crippen LogP contribution in [0, 0.1) is 12.7 Å². The highest BCUT2D eigenvalue weighted by molar-refractivity contribution is 5.99. The first-order valence-electron chi connectivity index (χ1n) is 13.1. The molecule has 0 atom stereocenters. The molecule has 2 aromatic heterocycles. The molecule has 8 nitrogen and oxygen atoms in total. The fourth-order valence-electron chi connectivity index (χ4n) is 4.67. The number of halogens is 1. The summed E-state index contributed by atoms with van der Waals surface area (Å²) in [6.45, 7) is 9.16. The van der Waals surface area contributed by atoms with Crippen molar-refractivity contribution in [3.8, 4) is 11.5 Å². The number of rotatable bonds is 6. The molecule has 0 unspecified atom stereocenters. The average molecular weight is 530 g/mol. The van der Waals surface area contributed by atoms with Crippen LogP contribution in [0.3, 0.4) is 0 Å². The van der Waals surface area contributed by atoms with Gasteiger partial charge in [-0.25, -0.2) is 4.39 Å². The molecule has 4 aromatic rings. The summed E-state index contributed by atoms with van der Waals surface area (Å²) in [5.41, 5.74) is 2.13. The molecule has 2 amide bonds. The fraction of sp³-hybridized carbons (Fsp3) is 0.333. The number of aromatic nitrogens is 3. The predicted octanol–water partition coefficient (Wildman–Crippen LogP) is 5.84. The van der Waals surface area contributed by atoms with Gasteiger partial charge in [0.2, 0.25) is 5.91 Å². The van der Waals surface area contributed by atoms with Crippen LogP contribution in [-0.2, 0) is 16.8 Å². The van der Waals surface area contributed by atoms with E-state index >= 15 is 4.39 Å². The summed E-state index contributed by atoms with van der Waals surface area (Å²) >= 11 is 0. The van der Waals surface area contributed by atoms with Gasteiger partial charge < -0.3 is 15.0 Å². The summed E-state index contributed by atoms with van der Waals surface area (Å²) in [4.78, 5) is 31.8. The molecule has 1 N–H and O–H groups in total. The van der Waals surface area contributed by atoms with Crippen molar-refractivity contribution >= 4 is 28.4 Å². The normalized spacial score (nSPS) is 13.6. The molecule has 0 radical (unpaired) electrons. The molecule has 1 fully saturated rings. The number of likely N-dealkylation sites (tertiary alicyclic amines) is 1. The maximum Gasteiger partial charge on any atom is 0.253 e. The molecule has 1 saturated heterocycles. The van der Waals surface area contributed by atoms with Crippen LogP contribution >= 0.6 is 0 Å². The van der Waals surface area contributed by atoms with E-state index in [0.29, 0.717) is 33.7 Å². The van der Waals surface area contributed by atoms with E-state index in [9.17, 15) is 9.59 Å². The number of carbonyl (C=O) groups excluding carboxylic acids is 2. The molecule has 1 aliphatic rings. The van der Waals surface area contributed by atoms with Crippen LogP contribution in [0.2, 0.25) is 0 Å². The molecule has 0 spiro atoms. The van der Waals surface area contributed by atoms with E-state index < -0.39 is 5.82 Å². The van der Waals surface area contributed by atoms with Gasteiger partial charge in [-0.3, -0.25) is 19.3 Å². The summed E-state index contributed by atoms with van der Waals surface area (Å²) < 4.78 is 23.2. The lowest BCUT2D eigenvalue weighted by Gasteiger charge is -2.18. The first-order valence-corrected chi connectivity index (χ1v) is 13.1. The van der Waals surface area contributed by atoms with E-state index in [2.05, 4.69) is 15.4 Å². The Morgan fingerprint density at radius 3 is 2.56 bits per heavy atom. The lowest BCUT2D eigenvalue weighted by Crippen LogP contribution is -2.27. The number of benzene rings is 2. The third kappa shape index (κ3) is 5.62. The first kappa shape index (κ1) is 26.3. The maximum atomic E-state index is 15.3. The van der Waals surface area contributed by atoms with E-state index in [-0.39, 0.29) is 34.9 Å². The zero-order valence-corrected chi connectivity index (χ0v) is 22.6. The Morgan fingerprint density at radius 2 is 1.85 bits per heavy atom. The van der Waals surface area contributed by atoms with Crippen molar-refractivity contribution in [3.05, 3.63) is 77.5 Å². The molecule has 1 aliphatic heterocycles. The number of carbonyl (C=O) groups is 2. The van der Waals surface area contributed by atoms with E-state index in [1.807, 2.05) is 25.7 Å². The maximum absolute atomic E-state index is 15.3. The van der Waals surface area contributed by atoms with E-state index in [4.69, 9.17) is 4.74 Å². The second-order valence-electron chi connectivity index (χ2n) is 10.9. The molecule has 0 saturated carbocycles. The second-order valence-corrected chi connectivity index (χ2v) is 10.9. The molecule has 0 aliphatic carbocycles. The molecule has 3 heterocycles. The first-order chi connectivity index (χ1) is 18.6. The van der Waals surface area contributed by atoms with Crippen LogP contribution in [0.15, 0.2) is 55.0 Å². The Kier molecular flexibility index (Phi) is 7.08. The minimum Gasteiger partial charge on any atom is -0.456 e. The standard InChI is InChI=1S/C30H32FN5O3/c1-19-25(10-8-20(28(19)31)16-27(37)34-22-17-33-36(18-22)30(2,3)4)39-26-11-12-32-24-9-7-21(15-23(24)26)29(38)35-13-5-6-14-35/h7-12,15,17-18H,5-6,13-14,16H2,1-4H3,(H,34,37). The topological polar surface area (TPSA) is 89.3 Å². The second kappa shape index (κ2) is 10.5. The van der Waals surface area contributed by atoms with E-state index in [0.717, 1.165) is 25.9 Å². The number of fused-ring (bicyclic) bond motifs is 1. The quantitative estimate of drug-likeness (QED) is 0.339. The van der Waals surface area contributed by atoms with Crippen molar-refractivity contribution in [2.45, 2.75) is 52.5 Å². The van der Waals surface area contributed by atoms with Crippen molar-refractivity contribution in [3.63, 3.8) is 0 Å². The lowest BCUT2D eigenvalue weighted by molar-refractivity contribution is -0.115. The van der Waals surface area contributed by atoms with Crippen LogP contribution in [0.25, 0.3) is 10.9 Å². The minimum atomic E-state index is -0.503. The smallest absolute Gasteiger partial charge is 0.253 e. The summed E-state index contributed by atoms with van der Waals surface area (Å²) in [6, 6.07) is 10.3. The van der Waals surface area contributed by atoms with Gasteiger partial charge in [-0.1, -0.05) is 6.07 Å². The number of amides is 2. The highest BCUT2D eigenvalue weighted by atomic mass is 19.1. The van der Waals surface area contributed by atoms with E-state index in [1.54, 1.807) is 66.6 Å². The van der Waals surface area contributed by atoms with Gasteiger partial charge in [0.25, 0.3) is 5.91 Å². The van der Waals surface area contributed by atoms with Gasteiger partial charge in [0, 0.05) is 42.0 Å². The Bertz CT molecular complexity index is 1550. The zero-order chi connectivity index (χ0) is 27.7. The molecular weight excluding hydrogens is 497 g/mol. The highest BCUT2D eigenvalue weighted by Gasteiger charge is 2.21. The van der Waals surface area contributed by atoms with Crippen LogP contribution in [-0.4, -0.2) is 44.6 Å². The monoisotopic (exact) mass is 529 g/mol. The van der Waals surface area contributed by atoms with Crippen molar-refractivity contribution in [2.75, 3.05) is 18.4 Å². The summed E-state index contributed by atoms with van der Waals surface area (Å²) in [5, 5.41) is 7.72. The summed E-state index contributed by atoms with van der Waals surface area (Å²) in [7, 11) is 0. The molecule has 2 aromatic carbocycles. The number of hydrogen-bond acceptors (Lipinski definition) is 5. The van der Waals surface area contributed by atoms with Crippen LogP contribution in [0.4, 0.5) is 10.1 Å². The third-order valence-electron chi connectivity index (χ3n) is 6.88. The molecule has 9 heteroatoms. The van der Waals surface area contributed by atoms with Gasteiger partial charge in [0.05, 0.1) is 29.4 Å². The van der Waals surface area contributed by atoms with Crippen LogP contribution in [0.1, 0.15) is 55.1 Å². The van der Waals surface area contributed by atoms with Gasteiger partial charge >= 0.3 is 0 Å². The Morgan fingerprint density at radius 1 is 1.08 bits per heavy atom. The van der Waals surface area contributed by atoms with Crippen LogP contribution in [0.5, 0.6) is 11.5 Å². The highest BCUT2D eigenvalue weighted by Crippen LogP contribution is 2.33. The summed E-state index contributed by atoms with van der Waals surface area (Å²) in [5.74, 6) is -0.0614. The van der Waals surface area contributed by atoms with Gasteiger partial charge in [0.1, 0.15) is 17.3 Å². The average Bonchev–Trinajstić information content (AvgIpc) is 3.61. The SMILES string of the molecule is Cc1c(Oc2ccnc3ccc(C(=O)N4CCCC4)cc23)ccc(CC(=O)Nc2cnn(C(C)(C)C)c2)c1F. The van der Waals surface area contributed by atoms with Crippen molar-refractivity contribution < 1.29 is 18.7 Å². The van der Waals surface area contributed by atoms with Gasteiger partial charge in [-0.15, -0.1) is 0 Å². The third-order valence-corrected chi connectivity index (χ3v) is 6.88. The van der Waals surface area contributed by atoms with Gasteiger partial charge in [-0.05, 0) is 76.4 Å². The zero-order valence-electron chi connectivity index (χ0n) is 22.6. The van der Waals surface area contributed by atoms with Gasteiger partial charge in [-0.2, -0.15) is 5.10 Å². The molecular formula is C30H32FN5O3. The predicted molar refractivity (Wildman–Crippen MR) is 148 cm³/mol. The van der Waals surface area contributed by atoms with Crippen molar-refractivity contribution in [1.29, 1.82) is 0 Å². The number of nitrogens with zero attached hydrogens (tertiary/aromatic N) is 4. The molecule has 202 valence electrons. The Hall–Kier alpha value is -4.27. The number of anilines is 1. The minimum absolute atomic E-state index is 0.0141. The van der Waals surface area contributed by atoms with E-state index in [1.165, 1.54) is 0 Å². The van der Waals surface area contributed by atoms with Crippen molar-refractivity contribution in [2.24, 2.45) is 0 Å². The number of nitrogens with one attached hydrogen (secondary N) is 1. The van der Waals surface area contributed by atoms with Gasteiger partial charge in [0.15, 0.2) is 0 Å². The largest absolute Gasteiger partial charge is 0.456 e. The molecule has 5 rings (SSSR count). The fourth-order valence-corrected chi connectivity index (χ4v) is 4.67. The van der Waals surface area contributed by atoms with Crippen molar-refractivity contribution in [1.82, 2.24) is 19.7 Å². The summed E-state index contributed by atoms with van der Waals surface area (Å²) in [6.07, 6.45) is 6.84. The molecule has 0 bridgehead atoms. The van der Waals surface area contributed by atoms with Crippen LogP contribution < -0.4 is 10.1 Å².